The molecule has 1 atom stereocenters. The van der Waals surface area contributed by atoms with Crippen molar-refractivity contribution in [2.75, 3.05) is 13.2 Å². The van der Waals surface area contributed by atoms with E-state index in [2.05, 4.69) is 26.1 Å². The Kier molecular flexibility index (Phi) is 11.5. The Hall–Kier alpha value is -3.02. The number of carbonyl (C=O) groups is 2. The van der Waals surface area contributed by atoms with Gasteiger partial charge in [0, 0.05) is 35.1 Å². The molecule has 0 aliphatic carbocycles. The van der Waals surface area contributed by atoms with Gasteiger partial charge in [-0.15, -0.1) is 0 Å². The number of hydrogen-bond donors (Lipinski definition) is 1. The molecule has 0 radical (unpaired) electrons. The number of carbonyl (C=O) groups excluding carboxylic acids is 2. The van der Waals surface area contributed by atoms with Crippen LogP contribution in [0.2, 0.25) is 10.0 Å². The van der Waals surface area contributed by atoms with E-state index in [1.54, 1.807) is 18.2 Å². The SMILES string of the molecule is CCCCNC(=O)C(Cc1ccccc1)N(Cc1c(Cl)cccc1Cl)C(=O)COc1ccc(C(C)C)cc1. The summed E-state index contributed by atoms with van der Waals surface area (Å²) < 4.78 is 5.87. The minimum absolute atomic E-state index is 0.0751. The smallest absolute Gasteiger partial charge is 0.261 e. The van der Waals surface area contributed by atoms with Gasteiger partial charge in [-0.3, -0.25) is 9.59 Å². The number of nitrogens with zero attached hydrogens (tertiary/aromatic N) is 1. The summed E-state index contributed by atoms with van der Waals surface area (Å²) in [5, 5.41) is 3.88. The van der Waals surface area contributed by atoms with Crippen LogP contribution in [0.4, 0.5) is 0 Å². The van der Waals surface area contributed by atoms with Crippen molar-refractivity contribution >= 4 is 35.0 Å². The van der Waals surface area contributed by atoms with Gasteiger partial charge >= 0.3 is 0 Å². The van der Waals surface area contributed by atoms with E-state index in [0.29, 0.717) is 40.2 Å². The average Bonchev–Trinajstić information content (AvgIpc) is 2.91. The Bertz CT molecular complexity index is 1160. The Balaban J connectivity index is 1.91. The second-order valence-electron chi connectivity index (χ2n) is 9.58. The summed E-state index contributed by atoms with van der Waals surface area (Å²) >= 11 is 13.0. The highest BCUT2D eigenvalue weighted by Gasteiger charge is 2.31. The van der Waals surface area contributed by atoms with E-state index >= 15 is 0 Å². The second kappa shape index (κ2) is 14.8. The third kappa shape index (κ3) is 8.50. The monoisotopic (exact) mass is 554 g/mol. The van der Waals surface area contributed by atoms with Crippen molar-refractivity contribution in [3.63, 3.8) is 0 Å². The molecule has 7 heteroatoms. The lowest BCUT2D eigenvalue weighted by molar-refractivity contribution is -0.142. The number of nitrogens with one attached hydrogen (secondary N) is 1. The molecular weight excluding hydrogens is 519 g/mol. The fourth-order valence-corrected chi connectivity index (χ4v) is 4.61. The Morgan fingerprint density at radius 1 is 0.921 bits per heavy atom. The molecule has 38 heavy (non-hydrogen) atoms. The van der Waals surface area contributed by atoms with Crippen molar-refractivity contribution in [3.05, 3.63) is 99.5 Å². The summed E-state index contributed by atoms with van der Waals surface area (Å²) in [5.74, 6) is 0.428. The fraction of sp³-hybridized carbons (Fsp3) is 0.355. The lowest BCUT2D eigenvalue weighted by atomic mass is 10.0. The van der Waals surface area contributed by atoms with E-state index in [4.69, 9.17) is 27.9 Å². The average molecular weight is 556 g/mol. The molecule has 202 valence electrons. The maximum absolute atomic E-state index is 13.7. The van der Waals surface area contributed by atoms with Crippen LogP contribution in [0.5, 0.6) is 5.75 Å². The molecule has 0 saturated carbocycles. The van der Waals surface area contributed by atoms with Gasteiger partial charge in [0.2, 0.25) is 5.91 Å². The van der Waals surface area contributed by atoms with Gasteiger partial charge in [-0.25, -0.2) is 0 Å². The van der Waals surface area contributed by atoms with Crippen molar-refractivity contribution < 1.29 is 14.3 Å². The third-order valence-corrected chi connectivity index (χ3v) is 7.11. The van der Waals surface area contributed by atoms with Crippen LogP contribution in [0.3, 0.4) is 0 Å². The first kappa shape index (κ1) is 29.5. The zero-order valence-electron chi connectivity index (χ0n) is 22.3. The summed E-state index contributed by atoms with van der Waals surface area (Å²) in [6, 6.07) is 21.8. The predicted molar refractivity (Wildman–Crippen MR) is 155 cm³/mol. The number of halogens is 2. The number of benzene rings is 3. The molecule has 3 aromatic rings. The van der Waals surface area contributed by atoms with Crippen LogP contribution in [0, 0.1) is 0 Å². The van der Waals surface area contributed by atoms with Crippen molar-refractivity contribution in [3.8, 4) is 5.75 Å². The number of rotatable bonds is 13. The first-order chi connectivity index (χ1) is 18.3. The maximum atomic E-state index is 13.7. The van der Waals surface area contributed by atoms with Crippen molar-refractivity contribution in [2.45, 2.75) is 58.5 Å². The molecular formula is C31H36Cl2N2O3. The van der Waals surface area contributed by atoms with Gasteiger partial charge in [-0.05, 0) is 47.7 Å². The van der Waals surface area contributed by atoms with Crippen molar-refractivity contribution in [2.24, 2.45) is 0 Å². The minimum atomic E-state index is -0.777. The van der Waals surface area contributed by atoms with E-state index in [1.165, 1.54) is 10.5 Å². The molecule has 0 heterocycles. The van der Waals surface area contributed by atoms with E-state index in [-0.39, 0.29) is 25.0 Å². The number of hydrogen-bond acceptors (Lipinski definition) is 3. The molecule has 0 fully saturated rings. The highest BCUT2D eigenvalue weighted by molar-refractivity contribution is 6.36. The molecule has 0 saturated heterocycles. The molecule has 0 aliphatic rings. The van der Waals surface area contributed by atoms with Gasteiger partial charge in [-0.2, -0.15) is 0 Å². The molecule has 0 bridgehead atoms. The number of ether oxygens (including phenoxy) is 1. The third-order valence-electron chi connectivity index (χ3n) is 6.40. The van der Waals surface area contributed by atoms with Gasteiger partial charge < -0.3 is 15.0 Å². The zero-order chi connectivity index (χ0) is 27.5. The predicted octanol–water partition coefficient (Wildman–Crippen LogP) is 7.05. The quantitative estimate of drug-likeness (QED) is 0.230. The van der Waals surface area contributed by atoms with Crippen molar-refractivity contribution in [1.82, 2.24) is 10.2 Å². The Morgan fingerprint density at radius 3 is 2.18 bits per heavy atom. The molecule has 1 unspecified atom stereocenters. The van der Waals surface area contributed by atoms with E-state index in [0.717, 1.165) is 18.4 Å². The van der Waals surface area contributed by atoms with Crippen LogP contribution in [-0.4, -0.2) is 35.9 Å². The van der Waals surface area contributed by atoms with Gasteiger partial charge in [0.1, 0.15) is 11.8 Å². The summed E-state index contributed by atoms with van der Waals surface area (Å²) in [6.45, 7) is 6.69. The summed E-state index contributed by atoms with van der Waals surface area (Å²) in [4.78, 5) is 28.7. The van der Waals surface area contributed by atoms with E-state index in [9.17, 15) is 9.59 Å². The topological polar surface area (TPSA) is 58.6 Å². The largest absolute Gasteiger partial charge is 0.484 e. The Morgan fingerprint density at radius 2 is 1.58 bits per heavy atom. The highest BCUT2D eigenvalue weighted by Crippen LogP contribution is 2.27. The van der Waals surface area contributed by atoms with Gasteiger partial charge in [0.25, 0.3) is 5.91 Å². The summed E-state index contributed by atoms with van der Waals surface area (Å²) in [6.07, 6.45) is 2.14. The molecule has 3 aromatic carbocycles. The van der Waals surface area contributed by atoms with Crippen LogP contribution in [-0.2, 0) is 22.6 Å². The number of amides is 2. The van der Waals surface area contributed by atoms with Crippen LogP contribution >= 0.6 is 23.2 Å². The van der Waals surface area contributed by atoms with Gasteiger partial charge in [0.15, 0.2) is 6.61 Å². The van der Waals surface area contributed by atoms with Gasteiger partial charge in [0.05, 0.1) is 0 Å². The van der Waals surface area contributed by atoms with E-state index in [1.807, 2.05) is 54.6 Å². The van der Waals surface area contributed by atoms with Crippen LogP contribution in [0.1, 0.15) is 56.2 Å². The lowest BCUT2D eigenvalue weighted by Gasteiger charge is -2.32. The second-order valence-corrected chi connectivity index (χ2v) is 10.4. The van der Waals surface area contributed by atoms with E-state index < -0.39 is 6.04 Å². The van der Waals surface area contributed by atoms with Crippen LogP contribution in [0.15, 0.2) is 72.8 Å². The molecule has 5 nitrogen and oxygen atoms in total. The Labute approximate surface area is 236 Å². The minimum Gasteiger partial charge on any atom is -0.484 e. The summed E-state index contributed by atoms with van der Waals surface area (Å²) in [7, 11) is 0. The lowest BCUT2D eigenvalue weighted by Crippen LogP contribution is -2.52. The standard InChI is InChI=1S/C31H36Cl2N2O3/c1-4-5-18-34-31(37)29(19-23-10-7-6-8-11-23)35(20-26-27(32)12-9-13-28(26)33)30(36)21-38-25-16-14-24(15-17-25)22(2)3/h6-17,22,29H,4-5,18-21H2,1-3H3,(H,34,37). The summed E-state index contributed by atoms with van der Waals surface area (Å²) in [5.41, 5.74) is 2.71. The molecule has 0 aromatic heterocycles. The molecule has 0 spiro atoms. The molecule has 3 rings (SSSR count). The first-order valence-corrected chi connectivity index (χ1v) is 13.8. The van der Waals surface area contributed by atoms with Crippen LogP contribution < -0.4 is 10.1 Å². The zero-order valence-corrected chi connectivity index (χ0v) is 23.8. The highest BCUT2D eigenvalue weighted by atomic mass is 35.5. The molecule has 0 aliphatic heterocycles. The maximum Gasteiger partial charge on any atom is 0.261 e. The molecule has 2 amide bonds. The molecule has 1 N–H and O–H groups in total. The van der Waals surface area contributed by atoms with Crippen LogP contribution in [0.25, 0.3) is 0 Å². The fourth-order valence-electron chi connectivity index (χ4n) is 4.09. The van der Waals surface area contributed by atoms with Crippen molar-refractivity contribution in [1.29, 1.82) is 0 Å². The first-order valence-electron chi connectivity index (χ1n) is 13.1. The number of unbranched alkanes of at least 4 members (excludes halogenated alkanes) is 1. The van der Waals surface area contributed by atoms with Gasteiger partial charge in [-0.1, -0.05) is 98.9 Å². The normalized spacial score (nSPS) is 11.7.